The van der Waals surface area contributed by atoms with Crippen LogP contribution in [0.5, 0.6) is 5.75 Å². The highest BCUT2D eigenvalue weighted by Crippen LogP contribution is 2.23. The van der Waals surface area contributed by atoms with E-state index in [4.69, 9.17) is 9.47 Å². The van der Waals surface area contributed by atoms with Crippen LogP contribution in [0.2, 0.25) is 0 Å². The number of ether oxygens (including phenoxy) is 2. The van der Waals surface area contributed by atoms with Gasteiger partial charge in [0.1, 0.15) is 5.75 Å². The SMILES string of the molecule is COc1ccccc1C(=O)NC(=O)COC(=O)CCc1c(C)nc2c3ccccc3nn2c1C. The van der Waals surface area contributed by atoms with Crippen LogP contribution < -0.4 is 10.1 Å². The van der Waals surface area contributed by atoms with Gasteiger partial charge in [0.2, 0.25) is 0 Å². The molecular weight excluding hydrogens is 436 g/mol. The molecule has 0 spiro atoms. The molecule has 0 saturated heterocycles. The molecule has 0 aliphatic carbocycles. The fourth-order valence-corrected chi connectivity index (χ4v) is 3.85. The molecule has 0 bridgehead atoms. The van der Waals surface area contributed by atoms with Crippen molar-refractivity contribution in [2.45, 2.75) is 26.7 Å². The molecule has 9 nitrogen and oxygen atoms in total. The van der Waals surface area contributed by atoms with Crippen molar-refractivity contribution < 1.29 is 23.9 Å². The molecule has 9 heteroatoms. The molecule has 0 atom stereocenters. The third-order valence-electron chi connectivity index (χ3n) is 5.57. The number of para-hydroxylation sites is 1. The van der Waals surface area contributed by atoms with Gasteiger partial charge in [-0.05, 0) is 50.1 Å². The molecule has 1 N–H and O–H groups in total. The van der Waals surface area contributed by atoms with Crippen LogP contribution in [-0.4, -0.2) is 46.1 Å². The highest BCUT2D eigenvalue weighted by molar-refractivity contribution is 6.06. The first-order chi connectivity index (χ1) is 16.4. The van der Waals surface area contributed by atoms with Crippen LogP contribution in [0.4, 0.5) is 0 Å². The van der Waals surface area contributed by atoms with Crippen LogP contribution in [0.25, 0.3) is 16.6 Å². The molecule has 4 rings (SSSR count). The average Bonchev–Trinajstić information content (AvgIpc) is 3.21. The zero-order valence-corrected chi connectivity index (χ0v) is 19.1. The summed E-state index contributed by atoms with van der Waals surface area (Å²) in [4.78, 5) is 41.3. The van der Waals surface area contributed by atoms with Crippen molar-refractivity contribution in [1.29, 1.82) is 0 Å². The van der Waals surface area contributed by atoms with Crippen molar-refractivity contribution in [3.63, 3.8) is 0 Å². The minimum atomic E-state index is -0.720. The lowest BCUT2D eigenvalue weighted by atomic mass is 10.1. The number of benzene rings is 2. The maximum atomic E-state index is 12.3. The first-order valence-electron chi connectivity index (χ1n) is 10.8. The first kappa shape index (κ1) is 22.9. The molecule has 174 valence electrons. The topological polar surface area (TPSA) is 112 Å². The molecule has 2 aromatic heterocycles. The zero-order chi connectivity index (χ0) is 24.2. The van der Waals surface area contributed by atoms with Crippen LogP contribution in [0.15, 0.2) is 48.5 Å². The number of esters is 1. The maximum Gasteiger partial charge on any atom is 0.306 e. The summed E-state index contributed by atoms with van der Waals surface area (Å²) in [5.41, 5.74) is 4.43. The fraction of sp³-hybridized carbons (Fsp3) is 0.240. The molecule has 34 heavy (non-hydrogen) atoms. The van der Waals surface area contributed by atoms with E-state index >= 15 is 0 Å². The van der Waals surface area contributed by atoms with E-state index in [0.29, 0.717) is 12.2 Å². The van der Waals surface area contributed by atoms with Gasteiger partial charge in [-0.1, -0.05) is 24.3 Å². The second kappa shape index (κ2) is 9.70. The second-order valence-electron chi connectivity index (χ2n) is 7.75. The fourth-order valence-electron chi connectivity index (χ4n) is 3.85. The van der Waals surface area contributed by atoms with E-state index in [1.807, 2.05) is 38.1 Å². The molecule has 0 saturated carbocycles. The number of carbonyl (C=O) groups excluding carboxylic acids is 3. The molecule has 0 unspecified atom stereocenters. The summed E-state index contributed by atoms with van der Waals surface area (Å²) in [6, 6.07) is 14.3. The Morgan fingerprint density at radius 3 is 2.56 bits per heavy atom. The van der Waals surface area contributed by atoms with Gasteiger partial charge in [-0.2, -0.15) is 5.10 Å². The summed E-state index contributed by atoms with van der Waals surface area (Å²) in [7, 11) is 1.43. The molecule has 0 aliphatic rings. The van der Waals surface area contributed by atoms with Gasteiger partial charge in [0.15, 0.2) is 12.3 Å². The molecule has 2 aromatic carbocycles. The lowest BCUT2D eigenvalue weighted by Crippen LogP contribution is -2.34. The number of hydrogen-bond donors (Lipinski definition) is 1. The smallest absolute Gasteiger partial charge is 0.306 e. The van der Waals surface area contributed by atoms with Gasteiger partial charge in [0, 0.05) is 23.2 Å². The maximum absolute atomic E-state index is 12.3. The molecule has 2 heterocycles. The highest BCUT2D eigenvalue weighted by Gasteiger charge is 2.18. The number of nitrogens with zero attached hydrogens (tertiary/aromatic N) is 3. The van der Waals surface area contributed by atoms with Gasteiger partial charge in [0.05, 0.1) is 18.2 Å². The Morgan fingerprint density at radius 2 is 1.76 bits per heavy atom. The van der Waals surface area contributed by atoms with E-state index in [1.165, 1.54) is 13.2 Å². The van der Waals surface area contributed by atoms with Crippen LogP contribution in [-0.2, 0) is 20.7 Å². The van der Waals surface area contributed by atoms with Crippen LogP contribution >= 0.6 is 0 Å². The standard InChI is InChI=1S/C25H24N4O5/c1-15-17(16(2)29-24(26-15)18-8-4-6-10-20(18)28-29)12-13-23(31)34-14-22(30)27-25(32)19-9-5-7-11-21(19)33-3/h4-11H,12-14H2,1-3H3,(H,27,30,32). The molecular formula is C25H24N4O5. The van der Waals surface area contributed by atoms with E-state index in [9.17, 15) is 14.4 Å². The summed E-state index contributed by atoms with van der Waals surface area (Å²) < 4.78 is 12.0. The third kappa shape index (κ3) is 4.59. The Bertz CT molecular complexity index is 1410. The summed E-state index contributed by atoms with van der Waals surface area (Å²) in [6.07, 6.45) is 0.445. The Labute approximate surface area is 195 Å². The molecule has 0 fully saturated rings. The summed E-state index contributed by atoms with van der Waals surface area (Å²) in [6.45, 7) is 3.27. The molecule has 2 amide bonds. The quantitative estimate of drug-likeness (QED) is 0.422. The predicted molar refractivity (Wildman–Crippen MR) is 125 cm³/mol. The van der Waals surface area contributed by atoms with E-state index in [2.05, 4.69) is 15.4 Å². The van der Waals surface area contributed by atoms with Crippen LogP contribution in [0, 0.1) is 13.8 Å². The number of amides is 2. The largest absolute Gasteiger partial charge is 0.496 e. The van der Waals surface area contributed by atoms with Crippen molar-refractivity contribution >= 4 is 34.3 Å². The van der Waals surface area contributed by atoms with E-state index in [1.54, 1.807) is 22.7 Å². The minimum Gasteiger partial charge on any atom is -0.496 e. The van der Waals surface area contributed by atoms with Crippen LogP contribution in [0.3, 0.4) is 0 Å². The van der Waals surface area contributed by atoms with Crippen molar-refractivity contribution in [2.24, 2.45) is 0 Å². The van der Waals surface area contributed by atoms with Crippen molar-refractivity contribution in [1.82, 2.24) is 19.9 Å². The summed E-state index contributed by atoms with van der Waals surface area (Å²) in [5, 5.41) is 7.77. The third-order valence-corrected chi connectivity index (χ3v) is 5.57. The van der Waals surface area contributed by atoms with Gasteiger partial charge in [-0.25, -0.2) is 9.50 Å². The number of rotatable bonds is 7. The Balaban J connectivity index is 1.35. The number of aryl methyl sites for hydroxylation is 2. The molecule has 0 aliphatic heterocycles. The number of carbonyl (C=O) groups is 3. The average molecular weight is 460 g/mol. The Kier molecular flexibility index (Phi) is 6.53. The van der Waals surface area contributed by atoms with Crippen molar-refractivity contribution in [3.05, 3.63) is 71.0 Å². The van der Waals surface area contributed by atoms with Crippen molar-refractivity contribution in [2.75, 3.05) is 13.7 Å². The monoisotopic (exact) mass is 460 g/mol. The van der Waals surface area contributed by atoms with Gasteiger partial charge in [-0.3, -0.25) is 19.7 Å². The van der Waals surface area contributed by atoms with Gasteiger partial charge >= 0.3 is 5.97 Å². The number of hydrogen-bond acceptors (Lipinski definition) is 7. The molecule has 0 radical (unpaired) electrons. The number of nitrogens with one attached hydrogen (secondary N) is 1. The van der Waals surface area contributed by atoms with Crippen LogP contribution in [0.1, 0.15) is 33.7 Å². The summed E-state index contributed by atoms with van der Waals surface area (Å²) >= 11 is 0. The number of imide groups is 1. The minimum absolute atomic E-state index is 0.0589. The highest BCUT2D eigenvalue weighted by atomic mass is 16.5. The number of methoxy groups -OCH3 is 1. The predicted octanol–water partition coefficient (Wildman–Crippen LogP) is 2.94. The van der Waals surface area contributed by atoms with Crippen molar-refractivity contribution in [3.8, 4) is 5.75 Å². The van der Waals surface area contributed by atoms with E-state index < -0.39 is 24.4 Å². The lowest BCUT2D eigenvalue weighted by Gasteiger charge is -2.11. The number of fused-ring (bicyclic) bond motifs is 3. The molecule has 4 aromatic rings. The number of aromatic nitrogens is 3. The Hall–Kier alpha value is -4.27. The van der Waals surface area contributed by atoms with Gasteiger partial charge < -0.3 is 9.47 Å². The van der Waals surface area contributed by atoms with E-state index in [-0.39, 0.29) is 12.0 Å². The normalized spacial score (nSPS) is 10.9. The lowest BCUT2D eigenvalue weighted by molar-refractivity contribution is -0.148. The second-order valence-corrected chi connectivity index (χ2v) is 7.75. The van der Waals surface area contributed by atoms with Gasteiger partial charge in [-0.15, -0.1) is 0 Å². The van der Waals surface area contributed by atoms with E-state index in [0.717, 1.165) is 33.5 Å². The zero-order valence-electron chi connectivity index (χ0n) is 19.1. The van der Waals surface area contributed by atoms with Gasteiger partial charge in [0.25, 0.3) is 11.8 Å². The summed E-state index contributed by atoms with van der Waals surface area (Å²) in [5.74, 6) is -1.56. The first-order valence-corrected chi connectivity index (χ1v) is 10.8. The Morgan fingerprint density at radius 1 is 1.03 bits per heavy atom.